The van der Waals surface area contributed by atoms with Crippen LogP contribution in [-0.4, -0.2) is 16.2 Å². The largest absolute Gasteiger partial charge is 0.365 e. The second kappa shape index (κ2) is 4.97. The first-order valence-electron chi connectivity index (χ1n) is 7.82. The molecule has 0 unspecified atom stereocenters. The standard InChI is InChI=1S/C18H25N3/c1-17(2)9-14(10-18(3,4)12-17)20-16-15-8-6-5-7-13(15)11-19-21-16/h5-8,11,14H,9-10,12H2,1-4H3,(H,20,21). The van der Waals surface area contributed by atoms with Gasteiger partial charge in [-0.05, 0) is 30.1 Å². The van der Waals surface area contributed by atoms with Crippen LogP contribution >= 0.6 is 0 Å². The van der Waals surface area contributed by atoms with E-state index in [-0.39, 0.29) is 0 Å². The van der Waals surface area contributed by atoms with Crippen LogP contribution < -0.4 is 5.32 Å². The number of fused-ring (bicyclic) bond motifs is 1. The van der Waals surface area contributed by atoms with Crippen molar-refractivity contribution in [2.75, 3.05) is 5.32 Å². The van der Waals surface area contributed by atoms with Gasteiger partial charge in [0.2, 0.25) is 0 Å². The number of nitrogens with one attached hydrogen (secondary N) is 1. The second-order valence-electron chi connectivity index (χ2n) is 8.04. The van der Waals surface area contributed by atoms with E-state index in [1.165, 1.54) is 19.3 Å². The second-order valence-corrected chi connectivity index (χ2v) is 8.04. The first-order valence-corrected chi connectivity index (χ1v) is 7.82. The molecule has 1 heterocycles. The summed E-state index contributed by atoms with van der Waals surface area (Å²) in [7, 11) is 0. The van der Waals surface area contributed by atoms with E-state index in [1.807, 2.05) is 12.3 Å². The van der Waals surface area contributed by atoms with E-state index in [9.17, 15) is 0 Å². The number of aromatic nitrogens is 2. The van der Waals surface area contributed by atoms with Crippen LogP contribution in [0.2, 0.25) is 0 Å². The highest BCUT2D eigenvalue weighted by atomic mass is 15.2. The van der Waals surface area contributed by atoms with E-state index < -0.39 is 0 Å². The minimum absolute atomic E-state index is 0.372. The Bertz CT molecular complexity index is 624. The molecular weight excluding hydrogens is 258 g/mol. The lowest BCUT2D eigenvalue weighted by Gasteiger charge is -2.45. The number of hydrogen-bond donors (Lipinski definition) is 1. The summed E-state index contributed by atoms with van der Waals surface area (Å²) in [6.45, 7) is 9.49. The van der Waals surface area contributed by atoms with Gasteiger partial charge in [-0.2, -0.15) is 5.10 Å². The summed E-state index contributed by atoms with van der Waals surface area (Å²) in [5.74, 6) is 0.923. The smallest absolute Gasteiger partial charge is 0.156 e. The van der Waals surface area contributed by atoms with Gasteiger partial charge in [0, 0.05) is 16.8 Å². The topological polar surface area (TPSA) is 37.8 Å². The van der Waals surface area contributed by atoms with Crippen molar-refractivity contribution in [2.24, 2.45) is 10.8 Å². The average molecular weight is 283 g/mol. The minimum atomic E-state index is 0.372. The van der Waals surface area contributed by atoms with E-state index >= 15 is 0 Å². The molecule has 3 rings (SSSR count). The summed E-state index contributed by atoms with van der Waals surface area (Å²) in [5, 5.41) is 14.4. The van der Waals surface area contributed by atoms with Gasteiger partial charge in [0.15, 0.2) is 5.82 Å². The number of benzene rings is 1. The fourth-order valence-electron chi connectivity index (χ4n) is 4.28. The van der Waals surface area contributed by atoms with Crippen molar-refractivity contribution in [3.05, 3.63) is 30.5 Å². The molecule has 1 aliphatic carbocycles. The lowest BCUT2D eigenvalue weighted by Crippen LogP contribution is -2.40. The van der Waals surface area contributed by atoms with Crippen molar-refractivity contribution in [3.8, 4) is 0 Å². The van der Waals surface area contributed by atoms with Gasteiger partial charge in [-0.3, -0.25) is 0 Å². The number of rotatable bonds is 2. The van der Waals surface area contributed by atoms with Gasteiger partial charge in [-0.1, -0.05) is 52.0 Å². The average Bonchev–Trinajstić information content (AvgIpc) is 2.35. The minimum Gasteiger partial charge on any atom is -0.365 e. The van der Waals surface area contributed by atoms with Crippen LogP contribution in [0.3, 0.4) is 0 Å². The summed E-state index contributed by atoms with van der Waals surface area (Å²) >= 11 is 0. The highest BCUT2D eigenvalue weighted by Gasteiger charge is 2.38. The molecule has 0 bridgehead atoms. The molecule has 1 aromatic heterocycles. The number of anilines is 1. The highest BCUT2D eigenvalue weighted by molar-refractivity contribution is 5.90. The van der Waals surface area contributed by atoms with E-state index in [4.69, 9.17) is 0 Å². The van der Waals surface area contributed by atoms with E-state index in [0.717, 1.165) is 16.6 Å². The van der Waals surface area contributed by atoms with E-state index in [0.29, 0.717) is 16.9 Å². The van der Waals surface area contributed by atoms with Crippen LogP contribution in [0.15, 0.2) is 30.5 Å². The SMILES string of the molecule is CC1(C)CC(Nc2nncc3ccccc23)CC(C)(C)C1. The maximum atomic E-state index is 4.34. The molecular formula is C18H25N3. The Labute approximate surface area is 127 Å². The molecule has 1 aromatic carbocycles. The molecule has 0 amide bonds. The fraction of sp³-hybridized carbons (Fsp3) is 0.556. The van der Waals surface area contributed by atoms with Crippen LogP contribution in [0, 0.1) is 10.8 Å². The molecule has 0 saturated heterocycles. The molecule has 112 valence electrons. The summed E-state index contributed by atoms with van der Waals surface area (Å²) in [5.41, 5.74) is 0.745. The van der Waals surface area contributed by atoms with Crippen LogP contribution in [0.5, 0.6) is 0 Å². The van der Waals surface area contributed by atoms with Gasteiger partial charge in [0.25, 0.3) is 0 Å². The molecule has 3 nitrogen and oxygen atoms in total. The van der Waals surface area contributed by atoms with Crippen molar-refractivity contribution >= 4 is 16.6 Å². The van der Waals surface area contributed by atoms with Crippen LogP contribution in [0.4, 0.5) is 5.82 Å². The molecule has 1 fully saturated rings. The van der Waals surface area contributed by atoms with Gasteiger partial charge < -0.3 is 5.32 Å². The van der Waals surface area contributed by atoms with Crippen LogP contribution in [0.1, 0.15) is 47.0 Å². The third-order valence-corrected chi connectivity index (χ3v) is 4.47. The van der Waals surface area contributed by atoms with Crippen LogP contribution in [0.25, 0.3) is 10.8 Å². The lowest BCUT2D eigenvalue weighted by atomic mass is 9.63. The first-order chi connectivity index (χ1) is 9.85. The Morgan fingerprint density at radius 3 is 2.43 bits per heavy atom. The van der Waals surface area contributed by atoms with E-state index in [1.54, 1.807) is 0 Å². The van der Waals surface area contributed by atoms with Gasteiger partial charge >= 0.3 is 0 Å². The Balaban J connectivity index is 1.88. The zero-order valence-corrected chi connectivity index (χ0v) is 13.5. The van der Waals surface area contributed by atoms with Crippen molar-refractivity contribution in [1.82, 2.24) is 10.2 Å². The summed E-state index contributed by atoms with van der Waals surface area (Å²) < 4.78 is 0. The third-order valence-electron chi connectivity index (χ3n) is 4.47. The number of hydrogen-bond acceptors (Lipinski definition) is 3. The lowest BCUT2D eigenvalue weighted by molar-refractivity contribution is 0.105. The Morgan fingerprint density at radius 1 is 1.05 bits per heavy atom. The van der Waals surface area contributed by atoms with Crippen molar-refractivity contribution in [2.45, 2.75) is 53.0 Å². The molecule has 21 heavy (non-hydrogen) atoms. The van der Waals surface area contributed by atoms with Gasteiger partial charge in [-0.15, -0.1) is 5.10 Å². The summed E-state index contributed by atoms with van der Waals surface area (Å²) in [6.07, 6.45) is 5.47. The zero-order chi connectivity index (χ0) is 15.1. The first kappa shape index (κ1) is 14.3. The molecule has 1 N–H and O–H groups in total. The molecule has 0 aliphatic heterocycles. The Hall–Kier alpha value is -1.64. The molecule has 0 radical (unpaired) electrons. The summed E-state index contributed by atoms with van der Waals surface area (Å²) in [6, 6.07) is 8.77. The molecule has 1 saturated carbocycles. The third kappa shape index (κ3) is 3.17. The predicted molar refractivity (Wildman–Crippen MR) is 88.4 cm³/mol. The maximum Gasteiger partial charge on any atom is 0.156 e. The normalized spacial score (nSPS) is 21.3. The van der Waals surface area contributed by atoms with Gasteiger partial charge in [0.05, 0.1) is 6.20 Å². The monoisotopic (exact) mass is 283 g/mol. The quantitative estimate of drug-likeness (QED) is 0.872. The predicted octanol–water partition coefficient (Wildman–Crippen LogP) is 4.65. The summed E-state index contributed by atoms with van der Waals surface area (Å²) in [4.78, 5) is 0. The fourth-order valence-corrected chi connectivity index (χ4v) is 4.28. The molecule has 0 spiro atoms. The van der Waals surface area contributed by atoms with Crippen molar-refractivity contribution in [1.29, 1.82) is 0 Å². The molecule has 2 aromatic rings. The molecule has 0 atom stereocenters. The highest BCUT2D eigenvalue weighted by Crippen LogP contribution is 2.46. The Kier molecular flexibility index (Phi) is 3.39. The number of nitrogens with zero attached hydrogens (tertiary/aromatic N) is 2. The van der Waals surface area contributed by atoms with Crippen molar-refractivity contribution < 1.29 is 0 Å². The van der Waals surface area contributed by atoms with Gasteiger partial charge in [-0.25, -0.2) is 0 Å². The Morgan fingerprint density at radius 2 is 1.71 bits per heavy atom. The zero-order valence-electron chi connectivity index (χ0n) is 13.5. The maximum absolute atomic E-state index is 4.34. The molecule has 3 heteroatoms. The molecule has 1 aliphatic rings. The van der Waals surface area contributed by atoms with Gasteiger partial charge in [0.1, 0.15) is 0 Å². The van der Waals surface area contributed by atoms with Crippen molar-refractivity contribution in [3.63, 3.8) is 0 Å². The van der Waals surface area contributed by atoms with Crippen LogP contribution in [-0.2, 0) is 0 Å². The van der Waals surface area contributed by atoms with E-state index in [2.05, 4.69) is 61.4 Å².